The van der Waals surface area contributed by atoms with Crippen LogP contribution in [0.1, 0.15) is 5.69 Å². The number of rotatable bonds is 4. The van der Waals surface area contributed by atoms with E-state index in [2.05, 4.69) is 24.8 Å². The van der Waals surface area contributed by atoms with Gasteiger partial charge in [-0.3, -0.25) is 4.90 Å². The van der Waals surface area contributed by atoms with Gasteiger partial charge in [0.05, 0.1) is 12.8 Å². The van der Waals surface area contributed by atoms with E-state index in [0.717, 1.165) is 44.4 Å². The molecule has 0 amide bonds. The molecule has 0 aromatic carbocycles. The topological polar surface area (TPSA) is 54.4 Å². The van der Waals surface area contributed by atoms with Gasteiger partial charge in [0, 0.05) is 51.2 Å². The van der Waals surface area contributed by atoms with Crippen molar-refractivity contribution in [1.29, 1.82) is 0 Å². The molecule has 1 saturated heterocycles. The van der Waals surface area contributed by atoms with Gasteiger partial charge in [-0.1, -0.05) is 6.07 Å². The summed E-state index contributed by atoms with van der Waals surface area (Å²) in [5.74, 6) is 1.49. The fraction of sp³-hybridized carbons (Fsp3) is 0.400. The molecule has 110 valence electrons. The van der Waals surface area contributed by atoms with Gasteiger partial charge in [0.15, 0.2) is 0 Å². The average molecular weight is 285 g/mol. The molecule has 6 heteroatoms. The lowest BCUT2D eigenvalue weighted by Gasteiger charge is -2.34. The first-order chi connectivity index (χ1) is 10.3. The maximum atomic E-state index is 5.16. The second-order valence-electron chi connectivity index (χ2n) is 4.98. The van der Waals surface area contributed by atoms with E-state index in [1.54, 1.807) is 19.5 Å². The summed E-state index contributed by atoms with van der Waals surface area (Å²) in [7, 11) is 1.64. The van der Waals surface area contributed by atoms with Crippen LogP contribution in [0.3, 0.4) is 0 Å². The Morgan fingerprint density at radius 2 is 1.81 bits per heavy atom. The Labute approximate surface area is 124 Å². The summed E-state index contributed by atoms with van der Waals surface area (Å²) in [6, 6.07) is 7.73. The van der Waals surface area contributed by atoms with Crippen LogP contribution in [0.15, 0.2) is 36.7 Å². The van der Waals surface area contributed by atoms with Crippen LogP contribution in [-0.4, -0.2) is 53.1 Å². The van der Waals surface area contributed by atoms with Gasteiger partial charge in [-0.05, 0) is 12.1 Å². The molecule has 0 saturated carbocycles. The highest BCUT2D eigenvalue weighted by molar-refractivity contribution is 5.29. The van der Waals surface area contributed by atoms with Crippen LogP contribution in [0.2, 0.25) is 0 Å². The third kappa shape index (κ3) is 3.46. The van der Waals surface area contributed by atoms with Crippen LogP contribution < -0.4 is 9.64 Å². The number of aromatic nitrogens is 3. The highest BCUT2D eigenvalue weighted by atomic mass is 16.5. The molecule has 1 fully saturated rings. The Bertz CT molecular complexity index is 569. The van der Waals surface area contributed by atoms with Gasteiger partial charge < -0.3 is 9.64 Å². The first kappa shape index (κ1) is 13.8. The summed E-state index contributed by atoms with van der Waals surface area (Å²) >= 11 is 0. The molecule has 21 heavy (non-hydrogen) atoms. The van der Waals surface area contributed by atoms with Gasteiger partial charge in [-0.15, -0.1) is 0 Å². The largest absolute Gasteiger partial charge is 0.481 e. The monoisotopic (exact) mass is 285 g/mol. The predicted octanol–water partition coefficient (Wildman–Crippen LogP) is 1.20. The minimum Gasteiger partial charge on any atom is -0.481 e. The third-order valence-corrected chi connectivity index (χ3v) is 3.58. The summed E-state index contributed by atoms with van der Waals surface area (Å²) in [6.45, 7) is 4.69. The molecular formula is C15H19N5O. The zero-order chi connectivity index (χ0) is 14.5. The molecule has 0 aliphatic carbocycles. The van der Waals surface area contributed by atoms with Crippen LogP contribution in [0.25, 0.3) is 0 Å². The predicted molar refractivity (Wildman–Crippen MR) is 80.3 cm³/mol. The summed E-state index contributed by atoms with van der Waals surface area (Å²) < 4.78 is 5.16. The van der Waals surface area contributed by atoms with Crippen LogP contribution in [0, 0.1) is 0 Å². The van der Waals surface area contributed by atoms with Crippen molar-refractivity contribution in [3.8, 4) is 5.88 Å². The van der Waals surface area contributed by atoms with Gasteiger partial charge in [-0.2, -0.15) is 0 Å². The Morgan fingerprint density at radius 3 is 2.52 bits per heavy atom. The average Bonchev–Trinajstić information content (AvgIpc) is 2.56. The smallest absolute Gasteiger partial charge is 0.225 e. The van der Waals surface area contributed by atoms with E-state index < -0.39 is 0 Å². The van der Waals surface area contributed by atoms with Crippen LogP contribution >= 0.6 is 0 Å². The van der Waals surface area contributed by atoms with Crippen molar-refractivity contribution in [2.75, 3.05) is 38.2 Å². The van der Waals surface area contributed by atoms with Crippen molar-refractivity contribution in [2.45, 2.75) is 6.54 Å². The summed E-state index contributed by atoms with van der Waals surface area (Å²) in [4.78, 5) is 17.7. The standard InChI is InChI=1S/C15H19N5O/c1-21-14-5-2-4-13(18-14)12-19-8-10-20(11-9-19)15-16-6-3-7-17-15/h2-7H,8-12H2,1H3. The van der Waals surface area contributed by atoms with Crippen LogP contribution in [-0.2, 0) is 6.54 Å². The molecule has 2 aromatic rings. The number of piperazine rings is 1. The quantitative estimate of drug-likeness (QED) is 0.841. The summed E-state index contributed by atoms with van der Waals surface area (Å²) in [6.07, 6.45) is 3.57. The van der Waals surface area contributed by atoms with Gasteiger partial charge in [0.1, 0.15) is 0 Å². The summed E-state index contributed by atoms with van der Waals surface area (Å²) in [5.41, 5.74) is 1.04. The molecule has 0 radical (unpaired) electrons. The van der Waals surface area contributed by atoms with Crippen molar-refractivity contribution < 1.29 is 4.74 Å². The number of hydrogen-bond acceptors (Lipinski definition) is 6. The zero-order valence-electron chi connectivity index (χ0n) is 12.1. The normalized spacial score (nSPS) is 16.0. The minimum absolute atomic E-state index is 0.670. The fourth-order valence-electron chi connectivity index (χ4n) is 2.45. The van der Waals surface area contributed by atoms with Crippen molar-refractivity contribution in [2.24, 2.45) is 0 Å². The highest BCUT2D eigenvalue weighted by Crippen LogP contribution is 2.13. The van der Waals surface area contributed by atoms with Crippen molar-refractivity contribution in [1.82, 2.24) is 19.9 Å². The Balaban J connectivity index is 1.56. The maximum absolute atomic E-state index is 5.16. The lowest BCUT2D eigenvalue weighted by Crippen LogP contribution is -2.46. The highest BCUT2D eigenvalue weighted by Gasteiger charge is 2.19. The Kier molecular flexibility index (Phi) is 4.25. The van der Waals surface area contributed by atoms with Gasteiger partial charge in [0.25, 0.3) is 0 Å². The van der Waals surface area contributed by atoms with Gasteiger partial charge >= 0.3 is 0 Å². The van der Waals surface area contributed by atoms with E-state index in [1.807, 2.05) is 24.3 Å². The molecule has 3 rings (SSSR count). The van der Waals surface area contributed by atoms with Gasteiger partial charge in [0.2, 0.25) is 11.8 Å². The maximum Gasteiger partial charge on any atom is 0.225 e. The molecule has 1 aliphatic heterocycles. The second kappa shape index (κ2) is 6.49. The molecule has 3 heterocycles. The Hall–Kier alpha value is -2.21. The van der Waals surface area contributed by atoms with Crippen LogP contribution in [0.5, 0.6) is 5.88 Å². The number of nitrogens with zero attached hydrogens (tertiary/aromatic N) is 5. The number of pyridine rings is 1. The lowest BCUT2D eigenvalue weighted by atomic mass is 10.2. The lowest BCUT2D eigenvalue weighted by molar-refractivity contribution is 0.245. The minimum atomic E-state index is 0.670. The van der Waals surface area contributed by atoms with Crippen molar-refractivity contribution >= 4 is 5.95 Å². The first-order valence-corrected chi connectivity index (χ1v) is 7.09. The van der Waals surface area contributed by atoms with E-state index in [0.29, 0.717) is 5.88 Å². The molecule has 0 N–H and O–H groups in total. The second-order valence-corrected chi connectivity index (χ2v) is 4.98. The zero-order valence-corrected chi connectivity index (χ0v) is 12.1. The number of hydrogen-bond donors (Lipinski definition) is 0. The van der Waals surface area contributed by atoms with E-state index in [-0.39, 0.29) is 0 Å². The molecule has 2 aromatic heterocycles. The summed E-state index contributed by atoms with van der Waals surface area (Å²) in [5, 5.41) is 0. The number of anilines is 1. The van der Waals surface area contributed by atoms with E-state index in [4.69, 9.17) is 4.74 Å². The van der Waals surface area contributed by atoms with E-state index in [9.17, 15) is 0 Å². The molecular weight excluding hydrogens is 266 g/mol. The molecule has 0 spiro atoms. The first-order valence-electron chi connectivity index (χ1n) is 7.09. The SMILES string of the molecule is COc1cccc(CN2CCN(c3ncccn3)CC2)n1. The van der Waals surface area contributed by atoms with E-state index >= 15 is 0 Å². The molecule has 1 aliphatic rings. The van der Waals surface area contributed by atoms with Crippen molar-refractivity contribution in [3.05, 3.63) is 42.4 Å². The molecule has 0 unspecified atom stereocenters. The fourth-order valence-corrected chi connectivity index (χ4v) is 2.45. The Morgan fingerprint density at radius 1 is 1.05 bits per heavy atom. The molecule has 0 atom stereocenters. The van der Waals surface area contributed by atoms with Gasteiger partial charge in [-0.25, -0.2) is 15.0 Å². The van der Waals surface area contributed by atoms with E-state index in [1.165, 1.54) is 0 Å². The van der Waals surface area contributed by atoms with Crippen LogP contribution in [0.4, 0.5) is 5.95 Å². The number of methoxy groups -OCH3 is 1. The molecule has 0 bridgehead atoms. The third-order valence-electron chi connectivity index (χ3n) is 3.58. The van der Waals surface area contributed by atoms with Crippen molar-refractivity contribution in [3.63, 3.8) is 0 Å². The number of ether oxygens (including phenoxy) is 1. The molecule has 6 nitrogen and oxygen atoms in total.